The second-order valence-electron chi connectivity index (χ2n) is 6.00. The quantitative estimate of drug-likeness (QED) is 0.636. The Morgan fingerprint density at radius 2 is 2.15 bits per heavy atom. The van der Waals surface area contributed by atoms with Crippen LogP contribution in [0.1, 0.15) is 28.0 Å². The number of benzene rings is 1. The van der Waals surface area contributed by atoms with Gasteiger partial charge in [0.2, 0.25) is 5.91 Å². The van der Waals surface area contributed by atoms with Crippen molar-refractivity contribution in [1.82, 2.24) is 20.3 Å². The Kier molecular flexibility index (Phi) is 5.26. The summed E-state index contributed by atoms with van der Waals surface area (Å²) in [6.07, 6.45) is 6.37. The molecule has 1 aromatic heterocycles. The van der Waals surface area contributed by atoms with Crippen LogP contribution in [-0.2, 0) is 24.3 Å². The number of hydrogen-bond acceptors (Lipinski definition) is 4. The molecule has 3 rings (SSSR count). The molecule has 0 aliphatic carbocycles. The molecule has 0 spiro atoms. The zero-order chi connectivity index (χ0) is 18.5. The molecular weight excluding hydrogens is 330 g/mol. The number of carbonyl (C=O) groups is 2. The van der Waals surface area contributed by atoms with Crippen molar-refractivity contribution in [1.29, 1.82) is 0 Å². The number of anilines is 1. The molecule has 0 saturated carbocycles. The summed E-state index contributed by atoms with van der Waals surface area (Å²) in [7, 11) is 0. The first-order chi connectivity index (χ1) is 12.6. The zero-order valence-electron chi connectivity index (χ0n) is 14.5. The van der Waals surface area contributed by atoms with E-state index in [1.807, 2.05) is 6.07 Å². The van der Waals surface area contributed by atoms with E-state index in [0.717, 1.165) is 24.1 Å². The van der Waals surface area contributed by atoms with E-state index in [1.54, 1.807) is 34.0 Å². The summed E-state index contributed by atoms with van der Waals surface area (Å²) in [4.78, 5) is 26.4. The first kappa shape index (κ1) is 17.6. The van der Waals surface area contributed by atoms with Gasteiger partial charge in [-0.15, -0.1) is 11.7 Å². The minimum atomic E-state index is -0.187. The topological polar surface area (TPSA) is 80.1 Å². The minimum absolute atomic E-state index is 0.151. The SMILES string of the molecule is C=CCn1cc(CNC(=O)c2cccc3c2CCCN3C(=O)C=C)nn1. The first-order valence-corrected chi connectivity index (χ1v) is 8.48. The first-order valence-electron chi connectivity index (χ1n) is 8.48. The van der Waals surface area contributed by atoms with Gasteiger partial charge in [0.15, 0.2) is 0 Å². The van der Waals surface area contributed by atoms with E-state index < -0.39 is 0 Å². The lowest BCUT2D eigenvalue weighted by Crippen LogP contribution is -2.35. The molecule has 0 bridgehead atoms. The van der Waals surface area contributed by atoms with Gasteiger partial charge in [-0.25, -0.2) is 4.68 Å². The van der Waals surface area contributed by atoms with Crippen molar-refractivity contribution < 1.29 is 9.59 Å². The van der Waals surface area contributed by atoms with Gasteiger partial charge in [0.25, 0.3) is 5.91 Å². The van der Waals surface area contributed by atoms with E-state index in [1.165, 1.54) is 6.08 Å². The van der Waals surface area contributed by atoms with Crippen molar-refractivity contribution in [2.24, 2.45) is 0 Å². The predicted octanol–water partition coefficient (Wildman–Crippen LogP) is 1.86. The third-order valence-electron chi connectivity index (χ3n) is 4.27. The molecule has 1 aliphatic rings. The van der Waals surface area contributed by atoms with Crippen LogP contribution in [0.4, 0.5) is 5.69 Å². The molecule has 0 radical (unpaired) electrons. The van der Waals surface area contributed by atoms with Crippen molar-refractivity contribution in [2.75, 3.05) is 11.4 Å². The number of rotatable bonds is 6. The fourth-order valence-corrected chi connectivity index (χ4v) is 3.08. The lowest BCUT2D eigenvalue weighted by atomic mass is 9.95. The molecule has 7 nitrogen and oxygen atoms in total. The smallest absolute Gasteiger partial charge is 0.251 e. The van der Waals surface area contributed by atoms with E-state index in [2.05, 4.69) is 28.8 Å². The zero-order valence-corrected chi connectivity index (χ0v) is 14.5. The van der Waals surface area contributed by atoms with Crippen LogP contribution in [0.2, 0.25) is 0 Å². The molecule has 1 aromatic carbocycles. The number of carbonyl (C=O) groups excluding carboxylic acids is 2. The van der Waals surface area contributed by atoms with Crippen molar-refractivity contribution in [2.45, 2.75) is 25.9 Å². The maximum atomic E-state index is 12.7. The summed E-state index contributed by atoms with van der Waals surface area (Å²) in [5.41, 5.74) is 2.93. The lowest BCUT2D eigenvalue weighted by molar-refractivity contribution is -0.114. The Balaban J connectivity index is 1.76. The number of allylic oxidation sites excluding steroid dienone is 1. The average Bonchev–Trinajstić information content (AvgIpc) is 3.12. The Bertz CT molecular complexity index is 855. The highest BCUT2D eigenvalue weighted by molar-refractivity contribution is 6.04. The van der Waals surface area contributed by atoms with Crippen LogP contribution in [0.5, 0.6) is 0 Å². The lowest BCUT2D eigenvalue weighted by Gasteiger charge is -2.29. The molecule has 0 saturated heterocycles. The number of nitrogens with zero attached hydrogens (tertiary/aromatic N) is 4. The van der Waals surface area contributed by atoms with Crippen molar-refractivity contribution >= 4 is 17.5 Å². The number of fused-ring (bicyclic) bond motifs is 1. The predicted molar refractivity (Wildman–Crippen MR) is 98.7 cm³/mol. The van der Waals surface area contributed by atoms with Crippen molar-refractivity contribution in [3.05, 3.63) is 66.5 Å². The summed E-state index contributed by atoms with van der Waals surface area (Å²) in [5, 5.41) is 10.9. The molecule has 26 heavy (non-hydrogen) atoms. The Morgan fingerprint density at radius 3 is 2.92 bits per heavy atom. The van der Waals surface area contributed by atoms with E-state index in [9.17, 15) is 9.59 Å². The van der Waals surface area contributed by atoms with Crippen LogP contribution in [0.25, 0.3) is 0 Å². The Morgan fingerprint density at radius 1 is 1.31 bits per heavy atom. The molecule has 134 valence electrons. The standard InChI is InChI=1S/C19H21N5O2/c1-3-10-23-13-14(21-22-23)12-20-19(26)16-7-5-9-17-15(16)8-6-11-24(17)18(25)4-2/h3-5,7,9,13H,1-2,6,8,10-12H2,(H,20,26). The third-order valence-corrected chi connectivity index (χ3v) is 4.27. The molecule has 2 amide bonds. The van der Waals surface area contributed by atoms with Gasteiger partial charge >= 0.3 is 0 Å². The number of nitrogens with one attached hydrogen (secondary N) is 1. The molecular formula is C19H21N5O2. The summed E-state index contributed by atoms with van der Waals surface area (Å²) in [6, 6.07) is 5.45. The molecule has 1 N–H and O–H groups in total. The highest BCUT2D eigenvalue weighted by Gasteiger charge is 2.24. The summed E-state index contributed by atoms with van der Waals surface area (Å²) in [5.74, 6) is -0.338. The largest absolute Gasteiger partial charge is 0.346 e. The number of amides is 2. The highest BCUT2D eigenvalue weighted by Crippen LogP contribution is 2.30. The van der Waals surface area contributed by atoms with Crippen LogP contribution < -0.4 is 10.2 Å². The minimum Gasteiger partial charge on any atom is -0.346 e. The van der Waals surface area contributed by atoms with Crippen LogP contribution in [-0.4, -0.2) is 33.4 Å². The maximum Gasteiger partial charge on any atom is 0.251 e. The molecule has 0 atom stereocenters. The normalized spacial score (nSPS) is 13.0. The fraction of sp³-hybridized carbons (Fsp3) is 0.263. The monoisotopic (exact) mass is 351 g/mol. The molecule has 2 aromatic rings. The van der Waals surface area contributed by atoms with Gasteiger partial charge in [-0.3, -0.25) is 9.59 Å². The Hall–Kier alpha value is -3.22. The van der Waals surface area contributed by atoms with Gasteiger partial charge in [0.1, 0.15) is 5.69 Å². The van der Waals surface area contributed by atoms with E-state index in [0.29, 0.717) is 24.3 Å². The summed E-state index contributed by atoms with van der Waals surface area (Å²) in [6.45, 7) is 8.70. The van der Waals surface area contributed by atoms with E-state index in [-0.39, 0.29) is 18.4 Å². The number of hydrogen-bond donors (Lipinski definition) is 1. The molecule has 0 unspecified atom stereocenters. The van der Waals surface area contributed by atoms with Gasteiger partial charge in [0, 0.05) is 17.8 Å². The van der Waals surface area contributed by atoms with E-state index in [4.69, 9.17) is 0 Å². The fourth-order valence-electron chi connectivity index (χ4n) is 3.08. The van der Waals surface area contributed by atoms with Gasteiger partial charge in [-0.05, 0) is 36.6 Å². The van der Waals surface area contributed by atoms with E-state index >= 15 is 0 Å². The molecule has 1 aliphatic heterocycles. The average molecular weight is 351 g/mol. The number of aromatic nitrogens is 3. The molecule has 2 heterocycles. The van der Waals surface area contributed by atoms with Gasteiger partial charge < -0.3 is 10.2 Å². The van der Waals surface area contributed by atoms with Crippen LogP contribution >= 0.6 is 0 Å². The molecule has 0 fully saturated rings. The Labute approximate surface area is 152 Å². The maximum absolute atomic E-state index is 12.7. The van der Waals surface area contributed by atoms with Gasteiger partial charge in [-0.2, -0.15) is 0 Å². The second kappa shape index (κ2) is 7.77. The van der Waals surface area contributed by atoms with Crippen LogP contribution in [0.15, 0.2) is 49.7 Å². The van der Waals surface area contributed by atoms with Crippen LogP contribution in [0, 0.1) is 0 Å². The third kappa shape index (κ3) is 3.56. The van der Waals surface area contributed by atoms with Crippen LogP contribution in [0.3, 0.4) is 0 Å². The van der Waals surface area contributed by atoms with Gasteiger partial charge in [-0.1, -0.05) is 23.9 Å². The summed E-state index contributed by atoms with van der Waals surface area (Å²) < 4.78 is 1.65. The summed E-state index contributed by atoms with van der Waals surface area (Å²) >= 11 is 0. The molecule has 7 heteroatoms. The highest BCUT2D eigenvalue weighted by atomic mass is 16.2. The second-order valence-corrected chi connectivity index (χ2v) is 6.00. The van der Waals surface area contributed by atoms with Crippen molar-refractivity contribution in [3.8, 4) is 0 Å². The van der Waals surface area contributed by atoms with Crippen molar-refractivity contribution in [3.63, 3.8) is 0 Å². The van der Waals surface area contributed by atoms with Gasteiger partial charge in [0.05, 0.1) is 19.3 Å².